The first-order chi connectivity index (χ1) is 18.2. The van der Waals surface area contributed by atoms with Crippen molar-refractivity contribution >= 4 is 35.0 Å². The molecule has 198 valence electrons. The highest BCUT2D eigenvalue weighted by Crippen LogP contribution is 2.30. The molecule has 1 aliphatic rings. The largest absolute Gasteiger partial charge is 0.341 e. The number of carbonyl (C=O) groups is 3. The third kappa shape index (κ3) is 6.62. The van der Waals surface area contributed by atoms with Crippen LogP contribution < -0.4 is 10.6 Å². The number of carbonyl (C=O) groups excluding carboxylic acids is 3. The van der Waals surface area contributed by atoms with Crippen molar-refractivity contribution in [3.8, 4) is 11.1 Å². The van der Waals surface area contributed by atoms with Gasteiger partial charge in [-0.25, -0.2) is 0 Å². The average Bonchev–Trinajstić information content (AvgIpc) is 2.91. The molecule has 4 rings (SSSR count). The number of hydrogen-bond acceptors (Lipinski definition) is 3. The second-order valence-corrected chi connectivity index (χ2v) is 10.6. The quantitative estimate of drug-likeness (QED) is 0.385. The molecule has 1 aliphatic heterocycles. The molecule has 6 nitrogen and oxygen atoms in total. The van der Waals surface area contributed by atoms with Gasteiger partial charge in [-0.2, -0.15) is 0 Å². The van der Waals surface area contributed by atoms with E-state index in [0.29, 0.717) is 30.3 Å². The molecule has 1 fully saturated rings. The van der Waals surface area contributed by atoms with Gasteiger partial charge in [0, 0.05) is 41.9 Å². The van der Waals surface area contributed by atoms with Gasteiger partial charge in [0.2, 0.25) is 11.8 Å². The third-order valence-corrected chi connectivity index (χ3v) is 7.29. The number of amides is 3. The van der Waals surface area contributed by atoms with Crippen LogP contribution in [0.15, 0.2) is 72.8 Å². The molecule has 0 bridgehead atoms. The van der Waals surface area contributed by atoms with Crippen LogP contribution >= 0.6 is 11.6 Å². The van der Waals surface area contributed by atoms with Crippen LogP contribution in [0.1, 0.15) is 55.5 Å². The molecule has 3 aromatic rings. The Balaban J connectivity index is 1.44. The fourth-order valence-corrected chi connectivity index (χ4v) is 5.09. The van der Waals surface area contributed by atoms with E-state index in [2.05, 4.69) is 22.8 Å². The van der Waals surface area contributed by atoms with E-state index in [-0.39, 0.29) is 23.6 Å². The monoisotopic (exact) mass is 531 g/mol. The lowest BCUT2D eigenvalue weighted by atomic mass is 9.89. The molecule has 1 saturated heterocycles. The predicted octanol–water partition coefficient (Wildman–Crippen LogP) is 6.13. The first-order valence-corrected chi connectivity index (χ1v) is 13.4. The SMILES string of the molecule is CC(=O)Nc1ccccc1-c1cccc(C(=O)N[C@@H](C(=O)N2CCC(c3ccc(Cl)cc3)CC2)C(C)C)c1. The van der Waals surface area contributed by atoms with E-state index in [4.69, 9.17) is 11.6 Å². The number of likely N-dealkylation sites (tertiary alicyclic amines) is 1. The van der Waals surface area contributed by atoms with Gasteiger partial charge in [-0.15, -0.1) is 0 Å². The molecule has 3 aromatic carbocycles. The maximum Gasteiger partial charge on any atom is 0.251 e. The summed E-state index contributed by atoms with van der Waals surface area (Å²) in [7, 11) is 0. The molecule has 3 amide bonds. The van der Waals surface area contributed by atoms with Crippen LogP contribution in [0.3, 0.4) is 0 Å². The zero-order valence-corrected chi connectivity index (χ0v) is 22.8. The van der Waals surface area contributed by atoms with E-state index in [0.717, 1.165) is 29.0 Å². The Hall–Kier alpha value is -3.64. The number of para-hydroxylation sites is 1. The number of hydrogen-bond donors (Lipinski definition) is 2. The van der Waals surface area contributed by atoms with Crippen molar-refractivity contribution in [3.05, 3.63) is 88.9 Å². The summed E-state index contributed by atoms with van der Waals surface area (Å²) in [5.41, 5.74) is 4.00. The minimum Gasteiger partial charge on any atom is -0.341 e. The summed E-state index contributed by atoms with van der Waals surface area (Å²) in [5, 5.41) is 6.55. The minimum absolute atomic E-state index is 0.0462. The van der Waals surface area contributed by atoms with Crippen molar-refractivity contribution < 1.29 is 14.4 Å². The summed E-state index contributed by atoms with van der Waals surface area (Å²) in [6.45, 7) is 6.66. The average molecular weight is 532 g/mol. The fourth-order valence-electron chi connectivity index (χ4n) is 4.96. The van der Waals surface area contributed by atoms with Gasteiger partial charge < -0.3 is 15.5 Å². The number of rotatable bonds is 7. The lowest BCUT2D eigenvalue weighted by Crippen LogP contribution is -2.52. The summed E-state index contributed by atoms with van der Waals surface area (Å²) in [6, 6.07) is 22.0. The van der Waals surface area contributed by atoms with Crippen molar-refractivity contribution in [1.82, 2.24) is 10.2 Å². The molecule has 38 heavy (non-hydrogen) atoms. The molecule has 0 unspecified atom stereocenters. The molecule has 7 heteroatoms. The lowest BCUT2D eigenvalue weighted by molar-refractivity contribution is -0.135. The van der Waals surface area contributed by atoms with E-state index >= 15 is 0 Å². The Morgan fingerprint density at radius 2 is 1.61 bits per heavy atom. The maximum atomic E-state index is 13.5. The number of halogens is 1. The molecule has 0 aliphatic carbocycles. The molecule has 1 heterocycles. The number of nitrogens with one attached hydrogen (secondary N) is 2. The van der Waals surface area contributed by atoms with Crippen molar-refractivity contribution in [2.75, 3.05) is 18.4 Å². The smallest absolute Gasteiger partial charge is 0.251 e. The molecule has 0 radical (unpaired) electrons. The van der Waals surface area contributed by atoms with Crippen LogP contribution in [-0.2, 0) is 9.59 Å². The summed E-state index contributed by atoms with van der Waals surface area (Å²) in [5.74, 6) is -0.181. The van der Waals surface area contributed by atoms with Crippen LogP contribution in [0, 0.1) is 5.92 Å². The zero-order chi connectivity index (χ0) is 27.2. The Morgan fingerprint density at radius 1 is 0.921 bits per heavy atom. The summed E-state index contributed by atoms with van der Waals surface area (Å²) in [6.07, 6.45) is 1.75. The van der Waals surface area contributed by atoms with E-state index in [1.54, 1.807) is 12.1 Å². The topological polar surface area (TPSA) is 78.5 Å². The zero-order valence-electron chi connectivity index (χ0n) is 22.0. The van der Waals surface area contributed by atoms with Gasteiger partial charge >= 0.3 is 0 Å². The molecule has 0 aromatic heterocycles. The number of benzene rings is 3. The molecule has 1 atom stereocenters. The Morgan fingerprint density at radius 3 is 2.26 bits per heavy atom. The number of nitrogens with zero attached hydrogens (tertiary/aromatic N) is 1. The van der Waals surface area contributed by atoms with Gasteiger partial charge in [0.15, 0.2) is 0 Å². The molecule has 2 N–H and O–H groups in total. The Kier molecular flexibility index (Phi) is 8.85. The van der Waals surface area contributed by atoms with E-state index in [1.165, 1.54) is 12.5 Å². The van der Waals surface area contributed by atoms with Crippen LogP contribution in [0.4, 0.5) is 5.69 Å². The standard InChI is InChI=1S/C31H34ClN3O3/c1-20(2)29(31(38)35-17-15-23(16-18-35)22-11-13-26(32)14-12-22)34-30(37)25-8-6-7-24(19-25)27-9-4-5-10-28(27)33-21(3)36/h4-14,19-20,23,29H,15-18H2,1-3H3,(H,33,36)(H,34,37)/t29-/m1/s1. The van der Waals surface area contributed by atoms with Crippen LogP contribution in [-0.4, -0.2) is 41.8 Å². The van der Waals surface area contributed by atoms with Gasteiger partial charge in [-0.3, -0.25) is 14.4 Å². The molecular formula is C31H34ClN3O3. The van der Waals surface area contributed by atoms with E-state index in [9.17, 15) is 14.4 Å². The highest BCUT2D eigenvalue weighted by atomic mass is 35.5. The van der Waals surface area contributed by atoms with Gasteiger partial charge in [-0.1, -0.05) is 67.9 Å². The molecule has 0 saturated carbocycles. The van der Waals surface area contributed by atoms with E-state index < -0.39 is 6.04 Å². The lowest BCUT2D eigenvalue weighted by Gasteiger charge is -2.35. The fraction of sp³-hybridized carbons (Fsp3) is 0.323. The second kappa shape index (κ2) is 12.3. The normalized spacial score (nSPS) is 14.7. The number of piperidine rings is 1. The van der Waals surface area contributed by atoms with Crippen molar-refractivity contribution in [3.63, 3.8) is 0 Å². The van der Waals surface area contributed by atoms with Crippen molar-refractivity contribution in [2.45, 2.75) is 45.6 Å². The summed E-state index contributed by atoms with van der Waals surface area (Å²) >= 11 is 6.03. The van der Waals surface area contributed by atoms with Crippen molar-refractivity contribution in [1.29, 1.82) is 0 Å². The Bertz CT molecular complexity index is 1300. The minimum atomic E-state index is -0.620. The summed E-state index contributed by atoms with van der Waals surface area (Å²) in [4.78, 5) is 40.3. The van der Waals surface area contributed by atoms with Gasteiger partial charge in [-0.05, 0) is 66.1 Å². The van der Waals surface area contributed by atoms with Crippen LogP contribution in [0.2, 0.25) is 5.02 Å². The highest BCUT2D eigenvalue weighted by molar-refractivity contribution is 6.30. The van der Waals surface area contributed by atoms with Gasteiger partial charge in [0.1, 0.15) is 6.04 Å². The van der Waals surface area contributed by atoms with Crippen molar-refractivity contribution in [2.24, 2.45) is 5.92 Å². The van der Waals surface area contributed by atoms with Gasteiger partial charge in [0.25, 0.3) is 5.91 Å². The predicted molar refractivity (Wildman–Crippen MR) is 152 cm³/mol. The third-order valence-electron chi connectivity index (χ3n) is 7.04. The molecular weight excluding hydrogens is 498 g/mol. The van der Waals surface area contributed by atoms with Crippen LogP contribution in [0.5, 0.6) is 0 Å². The van der Waals surface area contributed by atoms with E-state index in [1.807, 2.05) is 67.3 Å². The Labute approximate surface area is 229 Å². The first-order valence-electron chi connectivity index (χ1n) is 13.0. The maximum absolute atomic E-state index is 13.5. The molecule has 0 spiro atoms. The summed E-state index contributed by atoms with van der Waals surface area (Å²) < 4.78 is 0. The second-order valence-electron chi connectivity index (χ2n) is 10.2. The number of anilines is 1. The first kappa shape index (κ1) is 27.4. The highest BCUT2D eigenvalue weighted by Gasteiger charge is 2.32. The van der Waals surface area contributed by atoms with Gasteiger partial charge in [0.05, 0.1) is 0 Å². The van der Waals surface area contributed by atoms with Crippen LogP contribution in [0.25, 0.3) is 11.1 Å².